The van der Waals surface area contributed by atoms with Gasteiger partial charge in [0.1, 0.15) is 0 Å². The molecule has 0 aliphatic carbocycles. The Morgan fingerprint density at radius 2 is 1.74 bits per heavy atom. The summed E-state index contributed by atoms with van der Waals surface area (Å²) in [5.41, 5.74) is 8.40. The first kappa shape index (κ1) is 20.1. The zero-order valence-electron chi connectivity index (χ0n) is 14.7. The highest BCUT2D eigenvalue weighted by atomic mass is 35.5. The van der Waals surface area contributed by atoms with Crippen LogP contribution >= 0.6 is 23.2 Å². The fourth-order valence-electron chi connectivity index (χ4n) is 3.28. The lowest BCUT2D eigenvalue weighted by atomic mass is 9.98. The standard InChI is InChI=1S/C20H19Cl2F3N2/c1-11-5-7-16(22)17-13(4-2-3-9-26)19(27-18(11)17)14-10-12(20(23,24)25)6-8-15(14)21/h5-8,10,27H,2-4,9,26H2,1H3. The van der Waals surface area contributed by atoms with Gasteiger partial charge in [-0.1, -0.05) is 29.3 Å². The van der Waals surface area contributed by atoms with E-state index >= 15 is 0 Å². The molecule has 27 heavy (non-hydrogen) atoms. The number of nitrogens with one attached hydrogen (secondary N) is 1. The van der Waals surface area contributed by atoms with E-state index in [1.54, 1.807) is 6.07 Å². The van der Waals surface area contributed by atoms with Crippen LogP contribution in [0, 0.1) is 6.92 Å². The van der Waals surface area contributed by atoms with Crippen molar-refractivity contribution in [2.75, 3.05) is 6.54 Å². The number of unbranched alkanes of at least 4 members (excludes halogenated alkanes) is 1. The number of hydrogen-bond acceptors (Lipinski definition) is 1. The number of fused-ring (bicyclic) bond motifs is 1. The molecular formula is C20H19Cl2F3N2. The fraction of sp³-hybridized carbons (Fsp3) is 0.300. The molecule has 1 heterocycles. The number of H-pyrrole nitrogens is 1. The lowest BCUT2D eigenvalue weighted by molar-refractivity contribution is -0.137. The number of aromatic amines is 1. The molecule has 0 unspecified atom stereocenters. The normalized spacial score (nSPS) is 12.1. The summed E-state index contributed by atoms with van der Waals surface area (Å²) in [5.74, 6) is 0. The van der Waals surface area contributed by atoms with E-state index in [1.807, 2.05) is 13.0 Å². The SMILES string of the molecule is Cc1ccc(Cl)c2c(CCCCN)c(-c3cc(C(F)(F)F)ccc3Cl)[nH]c12. The molecule has 3 N–H and O–H groups in total. The van der Waals surface area contributed by atoms with Crippen LogP contribution in [0.25, 0.3) is 22.2 Å². The number of rotatable bonds is 5. The van der Waals surface area contributed by atoms with Crippen molar-refractivity contribution in [3.8, 4) is 11.3 Å². The highest BCUT2D eigenvalue weighted by Gasteiger charge is 2.31. The Kier molecular flexibility index (Phi) is 5.75. The average molecular weight is 415 g/mol. The van der Waals surface area contributed by atoms with Crippen molar-refractivity contribution in [3.63, 3.8) is 0 Å². The van der Waals surface area contributed by atoms with Gasteiger partial charge in [0.15, 0.2) is 0 Å². The van der Waals surface area contributed by atoms with Crippen molar-refractivity contribution >= 4 is 34.1 Å². The van der Waals surface area contributed by atoms with E-state index < -0.39 is 11.7 Å². The van der Waals surface area contributed by atoms with Gasteiger partial charge in [-0.25, -0.2) is 0 Å². The Bertz CT molecular complexity index is 977. The van der Waals surface area contributed by atoms with Crippen LogP contribution < -0.4 is 5.73 Å². The minimum Gasteiger partial charge on any atom is -0.354 e. The molecule has 2 nitrogen and oxygen atoms in total. The Labute approximate surface area is 165 Å². The summed E-state index contributed by atoms with van der Waals surface area (Å²) in [6, 6.07) is 7.03. The number of nitrogens with two attached hydrogens (primary N) is 1. The molecule has 2 aromatic carbocycles. The minimum atomic E-state index is -4.45. The van der Waals surface area contributed by atoms with Crippen LogP contribution in [-0.4, -0.2) is 11.5 Å². The second-order valence-corrected chi connectivity index (χ2v) is 7.35. The zero-order valence-corrected chi connectivity index (χ0v) is 16.2. The number of halogens is 5. The smallest absolute Gasteiger partial charge is 0.354 e. The van der Waals surface area contributed by atoms with Gasteiger partial charge in [0.2, 0.25) is 0 Å². The van der Waals surface area contributed by atoms with Gasteiger partial charge in [-0.15, -0.1) is 0 Å². The predicted octanol–water partition coefficient (Wildman–Crippen LogP) is 6.75. The molecule has 7 heteroatoms. The topological polar surface area (TPSA) is 41.8 Å². The van der Waals surface area contributed by atoms with Crippen LogP contribution in [0.3, 0.4) is 0 Å². The van der Waals surface area contributed by atoms with E-state index in [2.05, 4.69) is 4.98 Å². The number of aryl methyl sites for hydroxylation is 2. The molecule has 0 saturated carbocycles. The molecular weight excluding hydrogens is 396 g/mol. The third-order valence-electron chi connectivity index (χ3n) is 4.66. The van der Waals surface area contributed by atoms with Crippen LogP contribution in [0.5, 0.6) is 0 Å². The molecule has 0 saturated heterocycles. The van der Waals surface area contributed by atoms with Crippen molar-refractivity contribution in [2.45, 2.75) is 32.4 Å². The molecule has 144 valence electrons. The van der Waals surface area contributed by atoms with Crippen molar-refractivity contribution in [3.05, 3.63) is 57.1 Å². The molecule has 3 aromatic rings. The molecule has 1 aromatic heterocycles. The van der Waals surface area contributed by atoms with Crippen molar-refractivity contribution in [1.82, 2.24) is 4.98 Å². The van der Waals surface area contributed by atoms with E-state index in [1.165, 1.54) is 6.07 Å². The van der Waals surface area contributed by atoms with Gasteiger partial charge in [-0.05, 0) is 68.1 Å². The Morgan fingerprint density at radius 3 is 2.41 bits per heavy atom. The lowest BCUT2D eigenvalue weighted by Gasteiger charge is -2.12. The highest BCUT2D eigenvalue weighted by molar-refractivity contribution is 6.36. The van der Waals surface area contributed by atoms with Crippen LogP contribution in [0.4, 0.5) is 13.2 Å². The van der Waals surface area contributed by atoms with E-state index in [9.17, 15) is 13.2 Å². The van der Waals surface area contributed by atoms with Gasteiger partial charge in [-0.2, -0.15) is 13.2 Å². The molecule has 3 rings (SSSR count). The molecule has 0 atom stereocenters. The molecule has 0 spiro atoms. The molecule has 0 bridgehead atoms. The zero-order chi connectivity index (χ0) is 19.8. The second-order valence-electron chi connectivity index (χ2n) is 6.53. The largest absolute Gasteiger partial charge is 0.416 e. The number of aromatic nitrogens is 1. The summed E-state index contributed by atoms with van der Waals surface area (Å²) >= 11 is 12.7. The summed E-state index contributed by atoms with van der Waals surface area (Å²) in [4.78, 5) is 3.27. The molecule has 0 fully saturated rings. The van der Waals surface area contributed by atoms with Gasteiger partial charge < -0.3 is 10.7 Å². The number of benzene rings is 2. The van der Waals surface area contributed by atoms with Crippen molar-refractivity contribution < 1.29 is 13.2 Å². The van der Waals surface area contributed by atoms with Gasteiger partial charge >= 0.3 is 6.18 Å². The fourth-order valence-corrected chi connectivity index (χ4v) is 3.77. The number of hydrogen-bond donors (Lipinski definition) is 2. The van der Waals surface area contributed by atoms with Crippen molar-refractivity contribution in [2.24, 2.45) is 5.73 Å². The third-order valence-corrected chi connectivity index (χ3v) is 5.30. The van der Waals surface area contributed by atoms with E-state index in [-0.39, 0.29) is 5.02 Å². The van der Waals surface area contributed by atoms with E-state index in [0.29, 0.717) is 29.2 Å². The maximum Gasteiger partial charge on any atom is 0.416 e. The van der Waals surface area contributed by atoms with Crippen LogP contribution in [0.1, 0.15) is 29.5 Å². The first-order valence-electron chi connectivity index (χ1n) is 8.61. The molecule has 0 aliphatic heterocycles. The first-order chi connectivity index (χ1) is 12.7. The van der Waals surface area contributed by atoms with E-state index in [0.717, 1.165) is 47.0 Å². The summed E-state index contributed by atoms with van der Waals surface area (Å²) in [7, 11) is 0. The minimum absolute atomic E-state index is 0.253. The monoisotopic (exact) mass is 414 g/mol. The Morgan fingerprint density at radius 1 is 1.04 bits per heavy atom. The molecule has 0 amide bonds. The number of alkyl halides is 3. The highest BCUT2D eigenvalue weighted by Crippen LogP contribution is 2.41. The lowest BCUT2D eigenvalue weighted by Crippen LogP contribution is -2.05. The van der Waals surface area contributed by atoms with E-state index in [4.69, 9.17) is 28.9 Å². The first-order valence-corrected chi connectivity index (χ1v) is 9.36. The quantitative estimate of drug-likeness (QED) is 0.445. The van der Waals surface area contributed by atoms with Gasteiger partial charge in [0.05, 0.1) is 21.8 Å². The summed E-state index contributed by atoms with van der Waals surface area (Å²) in [5, 5.41) is 1.64. The Balaban J connectivity index is 2.26. The van der Waals surface area contributed by atoms with Crippen LogP contribution in [0.2, 0.25) is 10.0 Å². The molecule has 0 aliphatic rings. The Hall–Kier alpha value is -1.69. The van der Waals surface area contributed by atoms with Crippen molar-refractivity contribution in [1.29, 1.82) is 0 Å². The maximum absolute atomic E-state index is 13.2. The summed E-state index contributed by atoms with van der Waals surface area (Å²) in [6.07, 6.45) is -2.19. The summed E-state index contributed by atoms with van der Waals surface area (Å²) in [6.45, 7) is 2.48. The summed E-state index contributed by atoms with van der Waals surface area (Å²) < 4.78 is 39.6. The predicted molar refractivity (Wildman–Crippen MR) is 105 cm³/mol. The van der Waals surface area contributed by atoms with Gasteiger partial charge in [0, 0.05) is 16.0 Å². The molecule has 0 radical (unpaired) electrons. The maximum atomic E-state index is 13.2. The van der Waals surface area contributed by atoms with Crippen LogP contribution in [-0.2, 0) is 12.6 Å². The average Bonchev–Trinajstić information content (AvgIpc) is 2.98. The van der Waals surface area contributed by atoms with Gasteiger partial charge in [-0.3, -0.25) is 0 Å². The third kappa shape index (κ3) is 3.96. The second kappa shape index (κ2) is 7.74. The van der Waals surface area contributed by atoms with Crippen LogP contribution in [0.15, 0.2) is 30.3 Å². The van der Waals surface area contributed by atoms with Gasteiger partial charge in [0.25, 0.3) is 0 Å².